The van der Waals surface area contributed by atoms with Gasteiger partial charge >= 0.3 is 0 Å². The highest BCUT2D eigenvalue weighted by molar-refractivity contribution is 5.04. The fraction of sp³-hybridized carbons (Fsp3) is 0.692. The van der Waals surface area contributed by atoms with Crippen LogP contribution in [0.15, 0.2) is 22.8 Å². The van der Waals surface area contributed by atoms with Crippen LogP contribution in [0.5, 0.6) is 0 Å². The first kappa shape index (κ1) is 12.6. The zero-order chi connectivity index (χ0) is 12.3. The van der Waals surface area contributed by atoms with Gasteiger partial charge < -0.3 is 19.2 Å². The Hall–Kier alpha value is -0.840. The average Bonchev–Trinajstić information content (AvgIpc) is 2.89. The van der Waals surface area contributed by atoms with E-state index in [0.29, 0.717) is 6.61 Å². The second-order valence-electron chi connectivity index (χ2n) is 4.84. The molecule has 1 aromatic heterocycles. The third-order valence-electron chi connectivity index (χ3n) is 2.95. The maximum Gasteiger partial charge on any atom is 0.163 e. The Kier molecular flexibility index (Phi) is 3.86. The molecule has 4 nitrogen and oxygen atoms in total. The fourth-order valence-electron chi connectivity index (χ4n) is 2.07. The van der Waals surface area contributed by atoms with Crippen molar-refractivity contribution < 1.29 is 13.9 Å². The van der Waals surface area contributed by atoms with Gasteiger partial charge in [-0.25, -0.2) is 0 Å². The van der Waals surface area contributed by atoms with Crippen molar-refractivity contribution in [1.82, 2.24) is 5.32 Å². The highest BCUT2D eigenvalue weighted by Gasteiger charge is 2.32. The lowest BCUT2D eigenvalue weighted by atomic mass is 10.1. The van der Waals surface area contributed by atoms with Gasteiger partial charge in [-0.3, -0.25) is 0 Å². The van der Waals surface area contributed by atoms with Gasteiger partial charge in [-0.1, -0.05) is 6.92 Å². The van der Waals surface area contributed by atoms with Crippen molar-refractivity contribution >= 4 is 0 Å². The van der Waals surface area contributed by atoms with Crippen LogP contribution in [0.3, 0.4) is 0 Å². The molecule has 1 saturated heterocycles. The molecule has 1 N–H and O–H groups in total. The molecule has 2 heterocycles. The molecule has 0 radical (unpaired) electrons. The fourth-order valence-corrected chi connectivity index (χ4v) is 2.07. The lowest BCUT2D eigenvalue weighted by Crippen LogP contribution is -2.32. The summed E-state index contributed by atoms with van der Waals surface area (Å²) in [6.07, 6.45) is 2.82. The highest BCUT2D eigenvalue weighted by Crippen LogP contribution is 2.23. The van der Waals surface area contributed by atoms with Gasteiger partial charge in [-0.05, 0) is 32.4 Å². The molecule has 2 rings (SSSR count). The van der Waals surface area contributed by atoms with Gasteiger partial charge in [0.2, 0.25) is 0 Å². The molecule has 0 spiro atoms. The SMILES string of the molecule is CCC(NCC1COC(C)(C)O1)c1ccco1. The van der Waals surface area contributed by atoms with Gasteiger partial charge in [-0.2, -0.15) is 0 Å². The number of furan rings is 1. The van der Waals surface area contributed by atoms with Gasteiger partial charge in [0.25, 0.3) is 0 Å². The van der Waals surface area contributed by atoms with Crippen LogP contribution < -0.4 is 5.32 Å². The van der Waals surface area contributed by atoms with Crippen molar-refractivity contribution in [2.75, 3.05) is 13.2 Å². The molecule has 4 heteroatoms. The minimum absolute atomic E-state index is 0.119. The van der Waals surface area contributed by atoms with Crippen molar-refractivity contribution in [1.29, 1.82) is 0 Å². The van der Waals surface area contributed by atoms with E-state index in [1.54, 1.807) is 6.26 Å². The van der Waals surface area contributed by atoms with E-state index in [4.69, 9.17) is 13.9 Å². The van der Waals surface area contributed by atoms with Crippen molar-refractivity contribution in [3.05, 3.63) is 24.2 Å². The molecule has 0 aliphatic carbocycles. The molecular formula is C13H21NO3. The minimum atomic E-state index is -0.446. The van der Waals surface area contributed by atoms with Gasteiger partial charge in [0, 0.05) is 6.54 Å². The molecule has 0 amide bonds. The first-order valence-electron chi connectivity index (χ1n) is 6.19. The Bertz CT molecular complexity index is 334. The number of ether oxygens (including phenoxy) is 2. The normalized spacial score (nSPS) is 25.0. The summed E-state index contributed by atoms with van der Waals surface area (Å²) in [6.45, 7) is 7.45. The van der Waals surface area contributed by atoms with Gasteiger partial charge in [0.15, 0.2) is 5.79 Å². The number of nitrogens with one attached hydrogen (secondary N) is 1. The summed E-state index contributed by atoms with van der Waals surface area (Å²) in [5.74, 6) is 0.532. The van der Waals surface area contributed by atoms with Crippen molar-refractivity contribution in [3.8, 4) is 0 Å². The summed E-state index contributed by atoms with van der Waals surface area (Å²) in [6, 6.07) is 4.16. The van der Waals surface area contributed by atoms with E-state index in [0.717, 1.165) is 18.7 Å². The molecular weight excluding hydrogens is 218 g/mol. The van der Waals surface area contributed by atoms with Gasteiger partial charge in [0.1, 0.15) is 5.76 Å². The van der Waals surface area contributed by atoms with E-state index >= 15 is 0 Å². The molecule has 0 saturated carbocycles. The van der Waals surface area contributed by atoms with Crippen LogP contribution in [0.25, 0.3) is 0 Å². The van der Waals surface area contributed by atoms with E-state index < -0.39 is 5.79 Å². The second kappa shape index (κ2) is 5.21. The third kappa shape index (κ3) is 3.31. The number of hydrogen-bond acceptors (Lipinski definition) is 4. The summed E-state index contributed by atoms with van der Waals surface area (Å²) in [7, 11) is 0. The highest BCUT2D eigenvalue weighted by atomic mass is 16.7. The molecule has 0 aromatic carbocycles. The molecule has 2 atom stereocenters. The Morgan fingerprint density at radius 1 is 1.53 bits per heavy atom. The zero-order valence-corrected chi connectivity index (χ0v) is 10.7. The van der Waals surface area contributed by atoms with E-state index in [1.807, 2.05) is 26.0 Å². The summed E-state index contributed by atoms with van der Waals surface area (Å²) in [5, 5.41) is 3.45. The Morgan fingerprint density at radius 3 is 2.88 bits per heavy atom. The second-order valence-corrected chi connectivity index (χ2v) is 4.84. The molecule has 96 valence electrons. The van der Waals surface area contributed by atoms with Crippen LogP contribution >= 0.6 is 0 Å². The van der Waals surface area contributed by atoms with Gasteiger partial charge in [0.05, 0.1) is 25.0 Å². The predicted octanol–water partition coefficient (Wildman–Crippen LogP) is 2.47. The molecule has 2 unspecified atom stereocenters. The van der Waals surface area contributed by atoms with E-state index in [-0.39, 0.29) is 12.1 Å². The molecule has 17 heavy (non-hydrogen) atoms. The standard InChI is InChI=1S/C13H21NO3/c1-4-11(12-6-5-7-15-12)14-8-10-9-16-13(2,3)17-10/h5-7,10-11,14H,4,8-9H2,1-3H3. The third-order valence-corrected chi connectivity index (χ3v) is 2.95. The van der Waals surface area contributed by atoms with Crippen LogP contribution in [-0.2, 0) is 9.47 Å². The van der Waals surface area contributed by atoms with Crippen molar-refractivity contribution in [2.45, 2.75) is 45.1 Å². The van der Waals surface area contributed by atoms with Crippen molar-refractivity contribution in [3.63, 3.8) is 0 Å². The zero-order valence-electron chi connectivity index (χ0n) is 10.7. The Balaban J connectivity index is 1.81. The van der Waals surface area contributed by atoms with Crippen molar-refractivity contribution in [2.24, 2.45) is 0 Å². The topological polar surface area (TPSA) is 43.6 Å². The Morgan fingerprint density at radius 2 is 2.35 bits per heavy atom. The minimum Gasteiger partial charge on any atom is -0.468 e. The van der Waals surface area contributed by atoms with E-state index in [2.05, 4.69) is 12.2 Å². The first-order chi connectivity index (χ1) is 8.11. The molecule has 1 aliphatic rings. The molecule has 0 bridgehead atoms. The number of rotatable bonds is 5. The maximum atomic E-state index is 5.75. The lowest BCUT2D eigenvalue weighted by molar-refractivity contribution is -0.137. The largest absolute Gasteiger partial charge is 0.468 e. The van der Waals surface area contributed by atoms with Crippen LogP contribution in [0.2, 0.25) is 0 Å². The molecule has 1 aromatic rings. The summed E-state index contributed by atoms with van der Waals surface area (Å²) < 4.78 is 16.7. The van der Waals surface area contributed by atoms with Crippen LogP contribution in [0, 0.1) is 0 Å². The van der Waals surface area contributed by atoms with Crippen LogP contribution in [-0.4, -0.2) is 25.0 Å². The number of hydrogen-bond donors (Lipinski definition) is 1. The summed E-state index contributed by atoms with van der Waals surface area (Å²) >= 11 is 0. The summed E-state index contributed by atoms with van der Waals surface area (Å²) in [4.78, 5) is 0. The van der Waals surface area contributed by atoms with Crippen LogP contribution in [0.1, 0.15) is 39.0 Å². The quantitative estimate of drug-likeness (QED) is 0.857. The molecule has 1 aliphatic heterocycles. The van der Waals surface area contributed by atoms with Gasteiger partial charge in [-0.15, -0.1) is 0 Å². The smallest absolute Gasteiger partial charge is 0.163 e. The van der Waals surface area contributed by atoms with E-state index in [9.17, 15) is 0 Å². The average molecular weight is 239 g/mol. The maximum absolute atomic E-state index is 5.75. The monoisotopic (exact) mass is 239 g/mol. The first-order valence-corrected chi connectivity index (χ1v) is 6.19. The summed E-state index contributed by atoms with van der Waals surface area (Å²) in [5.41, 5.74) is 0. The lowest BCUT2D eigenvalue weighted by Gasteiger charge is -2.19. The van der Waals surface area contributed by atoms with E-state index in [1.165, 1.54) is 0 Å². The predicted molar refractivity (Wildman–Crippen MR) is 64.6 cm³/mol. The van der Waals surface area contributed by atoms with Crippen LogP contribution in [0.4, 0.5) is 0 Å². The molecule has 1 fully saturated rings. The Labute approximate surface area is 102 Å².